The molecule has 0 aromatic carbocycles. The van der Waals surface area contributed by atoms with E-state index in [0.29, 0.717) is 18.4 Å². The van der Waals surface area contributed by atoms with Crippen LogP contribution in [0.4, 0.5) is 5.95 Å². The summed E-state index contributed by atoms with van der Waals surface area (Å²) in [4.78, 5) is 8.53. The van der Waals surface area contributed by atoms with Crippen molar-refractivity contribution in [2.24, 2.45) is 5.92 Å². The molecule has 0 spiro atoms. The maximum atomic E-state index is 5.35. The van der Waals surface area contributed by atoms with Crippen molar-refractivity contribution in [2.75, 3.05) is 11.9 Å². The van der Waals surface area contributed by atoms with E-state index < -0.39 is 0 Å². The molecule has 16 heavy (non-hydrogen) atoms. The van der Waals surface area contributed by atoms with Crippen LogP contribution in [0.1, 0.15) is 33.6 Å². The van der Waals surface area contributed by atoms with E-state index in [1.165, 1.54) is 12.8 Å². The van der Waals surface area contributed by atoms with Gasteiger partial charge < -0.3 is 10.1 Å². The minimum absolute atomic E-state index is 0.0742. The highest BCUT2D eigenvalue weighted by Gasteiger charge is 2.38. The van der Waals surface area contributed by atoms with Gasteiger partial charge in [-0.3, -0.25) is 0 Å². The van der Waals surface area contributed by atoms with Crippen molar-refractivity contribution in [3.63, 3.8) is 0 Å². The molecule has 1 N–H and O–H groups in total. The summed E-state index contributed by atoms with van der Waals surface area (Å²) in [6.45, 7) is 6.97. The van der Waals surface area contributed by atoms with E-state index in [1.807, 2.05) is 6.92 Å². The number of rotatable bonds is 5. The van der Waals surface area contributed by atoms with Gasteiger partial charge in [0, 0.05) is 17.8 Å². The summed E-state index contributed by atoms with van der Waals surface area (Å²) in [7, 11) is 0. The molecule has 2 rings (SSSR count). The Kier molecular flexibility index (Phi) is 2.99. The van der Waals surface area contributed by atoms with Crippen LogP contribution < -0.4 is 10.1 Å². The molecule has 88 valence electrons. The summed E-state index contributed by atoms with van der Waals surface area (Å²) in [6, 6.07) is 1.78. The van der Waals surface area contributed by atoms with Crippen LogP contribution in [0.2, 0.25) is 0 Å². The number of aromatic nitrogens is 2. The molecule has 0 saturated heterocycles. The lowest BCUT2D eigenvalue weighted by atomic mass is 9.99. The monoisotopic (exact) mass is 221 g/mol. The third kappa shape index (κ3) is 2.62. The summed E-state index contributed by atoms with van der Waals surface area (Å²) < 4.78 is 5.35. The second-order valence-corrected chi connectivity index (χ2v) is 4.77. The molecule has 1 fully saturated rings. The van der Waals surface area contributed by atoms with Gasteiger partial charge in [-0.15, -0.1) is 0 Å². The summed E-state index contributed by atoms with van der Waals surface area (Å²) in [5.74, 6) is 2.03. The van der Waals surface area contributed by atoms with Gasteiger partial charge in [-0.25, -0.2) is 4.98 Å². The standard InChI is InChI=1S/C12H19N3O/c1-4-16-10-7-8-13-11(14-10)15-12(2,3)9-5-6-9/h7-9H,4-6H2,1-3H3,(H,13,14,15). The predicted octanol–water partition coefficient (Wildman–Crippen LogP) is 2.48. The van der Waals surface area contributed by atoms with E-state index in [2.05, 4.69) is 29.1 Å². The van der Waals surface area contributed by atoms with E-state index in [0.717, 1.165) is 5.92 Å². The summed E-state index contributed by atoms with van der Waals surface area (Å²) in [5.41, 5.74) is 0.0742. The third-order valence-corrected chi connectivity index (χ3v) is 2.95. The fraction of sp³-hybridized carbons (Fsp3) is 0.667. The molecule has 0 unspecified atom stereocenters. The number of nitrogens with one attached hydrogen (secondary N) is 1. The highest BCUT2D eigenvalue weighted by Crippen LogP contribution is 2.40. The van der Waals surface area contributed by atoms with Crippen LogP contribution in [0.25, 0.3) is 0 Å². The molecule has 4 nitrogen and oxygen atoms in total. The lowest BCUT2D eigenvalue weighted by Gasteiger charge is -2.26. The second kappa shape index (κ2) is 4.28. The highest BCUT2D eigenvalue weighted by atomic mass is 16.5. The molecule has 1 saturated carbocycles. The first-order chi connectivity index (χ1) is 7.62. The van der Waals surface area contributed by atoms with Crippen LogP contribution in [0.15, 0.2) is 12.3 Å². The van der Waals surface area contributed by atoms with Crippen LogP contribution in [-0.4, -0.2) is 22.1 Å². The van der Waals surface area contributed by atoms with Gasteiger partial charge in [0.25, 0.3) is 0 Å². The molecule has 1 aromatic rings. The second-order valence-electron chi connectivity index (χ2n) is 4.77. The first kappa shape index (κ1) is 11.2. The Labute approximate surface area is 96.4 Å². The lowest BCUT2D eigenvalue weighted by Crippen LogP contribution is -2.34. The van der Waals surface area contributed by atoms with Gasteiger partial charge in [-0.1, -0.05) is 0 Å². The van der Waals surface area contributed by atoms with Crippen LogP contribution in [-0.2, 0) is 0 Å². The fourth-order valence-corrected chi connectivity index (χ4v) is 1.83. The van der Waals surface area contributed by atoms with Crippen molar-refractivity contribution in [3.8, 4) is 5.88 Å². The summed E-state index contributed by atoms with van der Waals surface area (Å²) in [5, 5.41) is 3.38. The average molecular weight is 221 g/mol. The lowest BCUT2D eigenvalue weighted by molar-refractivity contribution is 0.326. The quantitative estimate of drug-likeness (QED) is 0.829. The maximum Gasteiger partial charge on any atom is 0.226 e. The fourth-order valence-electron chi connectivity index (χ4n) is 1.83. The zero-order valence-electron chi connectivity index (χ0n) is 10.2. The number of ether oxygens (including phenoxy) is 1. The maximum absolute atomic E-state index is 5.35. The van der Waals surface area contributed by atoms with Crippen LogP contribution in [0.3, 0.4) is 0 Å². The van der Waals surface area contributed by atoms with Crippen molar-refractivity contribution in [1.29, 1.82) is 0 Å². The third-order valence-electron chi connectivity index (χ3n) is 2.95. The van der Waals surface area contributed by atoms with Crippen molar-refractivity contribution < 1.29 is 4.74 Å². The number of hydrogen-bond donors (Lipinski definition) is 1. The minimum atomic E-state index is 0.0742. The van der Waals surface area contributed by atoms with E-state index in [-0.39, 0.29) is 5.54 Å². The Hall–Kier alpha value is -1.32. The van der Waals surface area contributed by atoms with Crippen molar-refractivity contribution >= 4 is 5.95 Å². The van der Waals surface area contributed by atoms with Gasteiger partial charge in [-0.05, 0) is 39.5 Å². The van der Waals surface area contributed by atoms with Crippen LogP contribution in [0.5, 0.6) is 5.88 Å². The normalized spacial score (nSPS) is 15.9. The number of nitrogens with zero attached hydrogens (tertiary/aromatic N) is 2. The van der Waals surface area contributed by atoms with Gasteiger partial charge in [0.15, 0.2) is 0 Å². The minimum Gasteiger partial charge on any atom is -0.478 e. The SMILES string of the molecule is CCOc1ccnc(NC(C)(C)C2CC2)n1. The Morgan fingerprint density at radius 1 is 1.50 bits per heavy atom. The predicted molar refractivity (Wildman–Crippen MR) is 63.6 cm³/mol. The molecule has 1 aliphatic carbocycles. The molecule has 1 aliphatic rings. The van der Waals surface area contributed by atoms with E-state index in [1.54, 1.807) is 12.3 Å². The Morgan fingerprint density at radius 3 is 2.88 bits per heavy atom. The molecule has 0 atom stereocenters. The molecule has 1 aromatic heterocycles. The highest BCUT2D eigenvalue weighted by molar-refractivity contribution is 5.32. The zero-order valence-corrected chi connectivity index (χ0v) is 10.2. The average Bonchev–Trinajstić information content (AvgIpc) is 3.01. The Balaban J connectivity index is 2.05. The van der Waals surface area contributed by atoms with Crippen LogP contribution >= 0.6 is 0 Å². The number of anilines is 1. The topological polar surface area (TPSA) is 47.0 Å². The van der Waals surface area contributed by atoms with E-state index in [9.17, 15) is 0 Å². The number of hydrogen-bond acceptors (Lipinski definition) is 4. The van der Waals surface area contributed by atoms with Crippen molar-refractivity contribution in [3.05, 3.63) is 12.3 Å². The van der Waals surface area contributed by atoms with Crippen molar-refractivity contribution in [2.45, 2.75) is 39.2 Å². The molecule has 4 heteroatoms. The smallest absolute Gasteiger partial charge is 0.226 e. The van der Waals surface area contributed by atoms with Gasteiger partial charge in [0.2, 0.25) is 11.8 Å². The largest absolute Gasteiger partial charge is 0.478 e. The zero-order chi connectivity index (χ0) is 11.6. The first-order valence-electron chi connectivity index (χ1n) is 5.86. The van der Waals surface area contributed by atoms with Crippen molar-refractivity contribution in [1.82, 2.24) is 9.97 Å². The Morgan fingerprint density at radius 2 is 2.25 bits per heavy atom. The van der Waals surface area contributed by atoms with E-state index >= 15 is 0 Å². The summed E-state index contributed by atoms with van der Waals surface area (Å²) in [6.07, 6.45) is 4.32. The Bertz CT molecular complexity index is 361. The molecule has 0 bridgehead atoms. The van der Waals surface area contributed by atoms with E-state index in [4.69, 9.17) is 4.74 Å². The molecule has 1 heterocycles. The first-order valence-corrected chi connectivity index (χ1v) is 5.86. The van der Waals surface area contributed by atoms with Gasteiger partial charge >= 0.3 is 0 Å². The van der Waals surface area contributed by atoms with Crippen LogP contribution in [0, 0.1) is 5.92 Å². The molecule has 0 aliphatic heterocycles. The molecule has 0 amide bonds. The summed E-state index contributed by atoms with van der Waals surface area (Å²) >= 11 is 0. The van der Waals surface area contributed by atoms with Gasteiger partial charge in [-0.2, -0.15) is 4.98 Å². The van der Waals surface area contributed by atoms with Gasteiger partial charge in [0.05, 0.1) is 6.61 Å². The molecule has 0 radical (unpaired) electrons. The van der Waals surface area contributed by atoms with Gasteiger partial charge in [0.1, 0.15) is 0 Å². The molecular formula is C12H19N3O. The molecular weight excluding hydrogens is 202 g/mol.